The van der Waals surface area contributed by atoms with Crippen LogP contribution in [0.5, 0.6) is 0 Å². The van der Waals surface area contributed by atoms with Crippen LogP contribution in [-0.2, 0) is 0 Å². The molecule has 4 N–H and O–H groups in total. The Bertz CT molecular complexity index is 333. The Balaban J connectivity index is 2.32. The first-order chi connectivity index (χ1) is 7.63. The molecule has 1 atom stereocenters. The summed E-state index contributed by atoms with van der Waals surface area (Å²) in [5.41, 5.74) is 6.24. The molecule has 1 heterocycles. The van der Waals surface area contributed by atoms with Gasteiger partial charge >= 0.3 is 0 Å². The standard InChI is InChI=1S/C11H18BrN3O/c1-8(7-16)3-2-4-14-11-10(12)5-9(13)6-15-11/h5-6,8,16H,2-4,7,13H2,1H3,(H,14,15). The maximum absolute atomic E-state index is 8.87. The summed E-state index contributed by atoms with van der Waals surface area (Å²) >= 11 is 3.40. The molecule has 0 radical (unpaired) electrons. The Kier molecular flexibility index (Phi) is 5.55. The van der Waals surface area contributed by atoms with Crippen molar-refractivity contribution in [2.75, 3.05) is 24.2 Å². The van der Waals surface area contributed by atoms with Crippen LogP contribution in [0, 0.1) is 5.92 Å². The SMILES string of the molecule is CC(CO)CCCNc1ncc(N)cc1Br. The number of halogens is 1. The fourth-order valence-corrected chi connectivity index (χ4v) is 1.84. The maximum Gasteiger partial charge on any atom is 0.140 e. The molecule has 0 spiro atoms. The molecule has 5 heteroatoms. The number of hydrogen-bond donors (Lipinski definition) is 3. The Morgan fingerprint density at radius 1 is 1.62 bits per heavy atom. The molecular weight excluding hydrogens is 270 g/mol. The van der Waals surface area contributed by atoms with Gasteiger partial charge in [0.1, 0.15) is 5.82 Å². The van der Waals surface area contributed by atoms with Gasteiger partial charge in [0.2, 0.25) is 0 Å². The van der Waals surface area contributed by atoms with Crippen LogP contribution in [0.3, 0.4) is 0 Å². The zero-order chi connectivity index (χ0) is 12.0. The van der Waals surface area contributed by atoms with Gasteiger partial charge in [-0.2, -0.15) is 0 Å². The molecule has 0 aliphatic heterocycles. The van der Waals surface area contributed by atoms with Crippen molar-refractivity contribution in [2.45, 2.75) is 19.8 Å². The van der Waals surface area contributed by atoms with Crippen molar-refractivity contribution in [2.24, 2.45) is 5.92 Å². The predicted molar refractivity (Wildman–Crippen MR) is 70.3 cm³/mol. The monoisotopic (exact) mass is 287 g/mol. The normalized spacial score (nSPS) is 12.4. The number of hydrogen-bond acceptors (Lipinski definition) is 4. The van der Waals surface area contributed by atoms with E-state index in [2.05, 4.69) is 26.2 Å². The average Bonchev–Trinajstić information content (AvgIpc) is 2.26. The van der Waals surface area contributed by atoms with Crippen molar-refractivity contribution in [3.05, 3.63) is 16.7 Å². The van der Waals surface area contributed by atoms with Gasteiger partial charge < -0.3 is 16.2 Å². The number of nitrogens with one attached hydrogen (secondary N) is 1. The Hall–Kier alpha value is -0.810. The van der Waals surface area contributed by atoms with Crippen LogP contribution in [0.2, 0.25) is 0 Å². The quantitative estimate of drug-likeness (QED) is 0.702. The number of aromatic nitrogens is 1. The van der Waals surface area contributed by atoms with E-state index in [4.69, 9.17) is 10.8 Å². The molecule has 0 aliphatic carbocycles. The predicted octanol–water partition coefficient (Wildman–Crippen LogP) is 2.25. The van der Waals surface area contributed by atoms with Gasteiger partial charge in [-0.25, -0.2) is 4.98 Å². The van der Waals surface area contributed by atoms with Gasteiger partial charge in [0.25, 0.3) is 0 Å². The van der Waals surface area contributed by atoms with E-state index in [9.17, 15) is 0 Å². The maximum atomic E-state index is 8.87. The second-order valence-electron chi connectivity index (χ2n) is 3.96. The summed E-state index contributed by atoms with van der Waals surface area (Å²) in [6.07, 6.45) is 3.65. The highest BCUT2D eigenvalue weighted by Crippen LogP contribution is 2.21. The van der Waals surface area contributed by atoms with E-state index in [0.717, 1.165) is 29.7 Å². The number of nitrogens with two attached hydrogens (primary N) is 1. The summed E-state index contributed by atoms with van der Waals surface area (Å²) in [5, 5.41) is 12.1. The number of anilines is 2. The zero-order valence-electron chi connectivity index (χ0n) is 9.41. The number of pyridine rings is 1. The molecule has 1 aromatic heterocycles. The van der Waals surface area contributed by atoms with E-state index in [-0.39, 0.29) is 6.61 Å². The topological polar surface area (TPSA) is 71.2 Å². The molecule has 0 bridgehead atoms. The Morgan fingerprint density at radius 2 is 2.38 bits per heavy atom. The van der Waals surface area contributed by atoms with Crippen molar-refractivity contribution in [1.29, 1.82) is 0 Å². The van der Waals surface area contributed by atoms with Gasteiger partial charge in [-0.1, -0.05) is 6.92 Å². The van der Waals surface area contributed by atoms with Crippen LogP contribution in [0.25, 0.3) is 0 Å². The van der Waals surface area contributed by atoms with E-state index >= 15 is 0 Å². The van der Waals surface area contributed by atoms with Crippen LogP contribution < -0.4 is 11.1 Å². The average molecular weight is 288 g/mol. The van der Waals surface area contributed by atoms with E-state index in [0.29, 0.717) is 11.6 Å². The molecule has 1 unspecified atom stereocenters. The second kappa shape index (κ2) is 6.70. The van der Waals surface area contributed by atoms with E-state index in [1.807, 2.05) is 13.0 Å². The zero-order valence-corrected chi connectivity index (χ0v) is 11.0. The summed E-state index contributed by atoms with van der Waals surface area (Å²) in [6, 6.07) is 1.83. The lowest BCUT2D eigenvalue weighted by atomic mass is 10.1. The molecule has 0 aliphatic rings. The van der Waals surface area contributed by atoms with Gasteiger partial charge in [-0.15, -0.1) is 0 Å². The molecule has 0 amide bonds. The number of nitrogens with zero attached hydrogens (tertiary/aromatic N) is 1. The van der Waals surface area contributed by atoms with Crippen molar-refractivity contribution < 1.29 is 5.11 Å². The van der Waals surface area contributed by atoms with Crippen molar-refractivity contribution in [1.82, 2.24) is 4.98 Å². The first-order valence-corrected chi connectivity index (χ1v) is 6.18. The summed E-state index contributed by atoms with van der Waals surface area (Å²) in [5.74, 6) is 1.18. The van der Waals surface area contributed by atoms with Crippen molar-refractivity contribution >= 4 is 27.4 Å². The summed E-state index contributed by atoms with van der Waals surface area (Å²) < 4.78 is 0.878. The van der Waals surface area contributed by atoms with Gasteiger partial charge in [-0.3, -0.25) is 0 Å². The molecule has 1 rings (SSSR count). The lowest BCUT2D eigenvalue weighted by Crippen LogP contribution is -2.08. The number of rotatable bonds is 6. The van der Waals surface area contributed by atoms with E-state index < -0.39 is 0 Å². The fourth-order valence-electron chi connectivity index (χ4n) is 1.33. The van der Waals surface area contributed by atoms with Gasteiger partial charge in [-0.05, 0) is 40.8 Å². The Morgan fingerprint density at radius 3 is 3.00 bits per heavy atom. The van der Waals surface area contributed by atoms with E-state index in [1.165, 1.54) is 0 Å². The third kappa shape index (κ3) is 4.37. The molecule has 4 nitrogen and oxygen atoms in total. The molecule has 16 heavy (non-hydrogen) atoms. The summed E-state index contributed by atoms with van der Waals surface area (Å²) in [4.78, 5) is 4.18. The number of aliphatic hydroxyl groups excluding tert-OH is 1. The summed E-state index contributed by atoms with van der Waals surface area (Å²) in [6.45, 7) is 3.14. The van der Waals surface area contributed by atoms with E-state index in [1.54, 1.807) is 6.20 Å². The lowest BCUT2D eigenvalue weighted by molar-refractivity contribution is 0.229. The van der Waals surface area contributed by atoms with Gasteiger partial charge in [0, 0.05) is 13.2 Å². The van der Waals surface area contributed by atoms with Crippen molar-refractivity contribution in [3.63, 3.8) is 0 Å². The molecular formula is C11H18BrN3O. The molecule has 0 saturated carbocycles. The highest BCUT2D eigenvalue weighted by molar-refractivity contribution is 9.10. The minimum atomic E-state index is 0.254. The van der Waals surface area contributed by atoms with Crippen LogP contribution in [0.15, 0.2) is 16.7 Å². The highest BCUT2D eigenvalue weighted by atomic mass is 79.9. The van der Waals surface area contributed by atoms with Gasteiger partial charge in [0.15, 0.2) is 0 Å². The smallest absolute Gasteiger partial charge is 0.140 e. The minimum Gasteiger partial charge on any atom is -0.397 e. The largest absolute Gasteiger partial charge is 0.397 e. The van der Waals surface area contributed by atoms with Gasteiger partial charge in [0.05, 0.1) is 16.4 Å². The van der Waals surface area contributed by atoms with Crippen LogP contribution in [0.1, 0.15) is 19.8 Å². The molecule has 0 fully saturated rings. The summed E-state index contributed by atoms with van der Waals surface area (Å²) in [7, 11) is 0. The minimum absolute atomic E-state index is 0.254. The molecule has 0 saturated heterocycles. The van der Waals surface area contributed by atoms with Crippen LogP contribution >= 0.6 is 15.9 Å². The first-order valence-electron chi connectivity index (χ1n) is 5.39. The second-order valence-corrected chi connectivity index (χ2v) is 4.81. The fraction of sp³-hybridized carbons (Fsp3) is 0.545. The van der Waals surface area contributed by atoms with Crippen LogP contribution in [0.4, 0.5) is 11.5 Å². The highest BCUT2D eigenvalue weighted by Gasteiger charge is 2.02. The molecule has 90 valence electrons. The molecule has 0 aromatic carbocycles. The Labute approximate surface area is 104 Å². The first kappa shape index (κ1) is 13.3. The molecule has 1 aromatic rings. The van der Waals surface area contributed by atoms with Crippen molar-refractivity contribution in [3.8, 4) is 0 Å². The number of aliphatic hydroxyl groups is 1. The third-order valence-corrected chi connectivity index (χ3v) is 2.94. The lowest BCUT2D eigenvalue weighted by Gasteiger charge is -2.10. The number of nitrogen functional groups attached to an aromatic ring is 1. The van der Waals surface area contributed by atoms with Crippen LogP contribution in [-0.4, -0.2) is 23.2 Å². The third-order valence-electron chi connectivity index (χ3n) is 2.34.